The first-order valence-corrected chi connectivity index (χ1v) is 9.35. The first kappa shape index (κ1) is 22.4. The van der Waals surface area contributed by atoms with Crippen molar-refractivity contribution in [3.05, 3.63) is 78.7 Å². The van der Waals surface area contributed by atoms with Crippen molar-refractivity contribution in [2.24, 2.45) is 0 Å². The lowest BCUT2D eigenvalue weighted by Crippen LogP contribution is -1.93. The van der Waals surface area contributed by atoms with Gasteiger partial charge in [0.15, 0.2) is 0 Å². The highest BCUT2D eigenvalue weighted by Gasteiger charge is 1.98. The quantitative estimate of drug-likeness (QED) is 0.621. The number of hydrogen-bond donors (Lipinski definition) is 0. The van der Waals surface area contributed by atoms with Crippen LogP contribution in [0.5, 0.6) is 0 Å². The van der Waals surface area contributed by atoms with Crippen LogP contribution in [0.15, 0.2) is 61.4 Å². The van der Waals surface area contributed by atoms with Gasteiger partial charge in [0.05, 0.1) is 5.69 Å². The Kier molecular flexibility index (Phi) is 10.5. The van der Waals surface area contributed by atoms with Crippen molar-refractivity contribution in [2.45, 2.75) is 59.3 Å². The molecule has 3 aromatic rings. The smallest absolute Gasteiger partial charge is 0.130 e. The van der Waals surface area contributed by atoms with Crippen LogP contribution in [0.1, 0.15) is 76.5 Å². The SMILES string of the molecule is CC(C)c1ccccn1.CC(C)c1cnccn1.CC(C)c1ncccn1. The van der Waals surface area contributed by atoms with Gasteiger partial charge in [-0.25, -0.2) is 9.97 Å². The molecular formula is C22H31N5. The summed E-state index contributed by atoms with van der Waals surface area (Å²) in [7, 11) is 0. The van der Waals surface area contributed by atoms with Gasteiger partial charge in [-0.15, -0.1) is 0 Å². The topological polar surface area (TPSA) is 64.5 Å². The van der Waals surface area contributed by atoms with E-state index in [0.717, 1.165) is 17.2 Å². The molecule has 3 aromatic heterocycles. The molecule has 0 saturated heterocycles. The number of nitrogens with zero attached hydrogens (tertiary/aromatic N) is 5. The van der Waals surface area contributed by atoms with Crippen molar-refractivity contribution in [1.82, 2.24) is 24.9 Å². The van der Waals surface area contributed by atoms with E-state index in [2.05, 4.69) is 66.5 Å². The number of hydrogen-bond acceptors (Lipinski definition) is 5. The highest BCUT2D eigenvalue weighted by atomic mass is 14.9. The lowest BCUT2D eigenvalue weighted by atomic mass is 10.1. The van der Waals surface area contributed by atoms with Gasteiger partial charge in [0.2, 0.25) is 0 Å². The van der Waals surface area contributed by atoms with E-state index < -0.39 is 0 Å². The number of pyridine rings is 1. The Morgan fingerprint density at radius 2 is 1.15 bits per heavy atom. The van der Waals surface area contributed by atoms with Crippen molar-refractivity contribution in [1.29, 1.82) is 0 Å². The van der Waals surface area contributed by atoms with Crippen LogP contribution in [0.3, 0.4) is 0 Å². The summed E-state index contributed by atoms with van der Waals surface area (Å²) in [5.41, 5.74) is 2.22. The normalized spacial score (nSPS) is 10.1. The molecule has 3 rings (SSSR count). The Hall–Kier alpha value is -2.69. The summed E-state index contributed by atoms with van der Waals surface area (Å²) in [5, 5.41) is 0. The Morgan fingerprint density at radius 3 is 1.48 bits per heavy atom. The fraction of sp³-hybridized carbons (Fsp3) is 0.409. The molecule has 5 nitrogen and oxygen atoms in total. The monoisotopic (exact) mass is 365 g/mol. The summed E-state index contributed by atoms with van der Waals surface area (Å²) in [6, 6.07) is 7.82. The minimum atomic E-state index is 0.436. The van der Waals surface area contributed by atoms with E-state index in [9.17, 15) is 0 Å². The highest BCUT2D eigenvalue weighted by molar-refractivity contribution is 5.06. The molecule has 0 spiro atoms. The van der Waals surface area contributed by atoms with Crippen LogP contribution < -0.4 is 0 Å². The van der Waals surface area contributed by atoms with E-state index in [-0.39, 0.29) is 0 Å². The fourth-order valence-corrected chi connectivity index (χ4v) is 1.94. The van der Waals surface area contributed by atoms with Crippen LogP contribution in [0.2, 0.25) is 0 Å². The van der Waals surface area contributed by atoms with Gasteiger partial charge >= 0.3 is 0 Å². The summed E-state index contributed by atoms with van der Waals surface area (Å²) in [6.45, 7) is 12.6. The molecular weight excluding hydrogens is 334 g/mol. The van der Waals surface area contributed by atoms with Gasteiger partial charge in [-0.2, -0.15) is 0 Å². The van der Waals surface area contributed by atoms with Crippen LogP contribution in [0.4, 0.5) is 0 Å². The molecule has 0 saturated carbocycles. The maximum atomic E-state index is 4.18. The van der Waals surface area contributed by atoms with Gasteiger partial charge in [-0.1, -0.05) is 47.6 Å². The third kappa shape index (κ3) is 9.54. The minimum absolute atomic E-state index is 0.436. The van der Waals surface area contributed by atoms with Crippen LogP contribution in [-0.4, -0.2) is 24.9 Å². The average Bonchev–Trinajstić information content (AvgIpc) is 2.71. The highest BCUT2D eigenvalue weighted by Crippen LogP contribution is 2.08. The average molecular weight is 366 g/mol. The largest absolute Gasteiger partial charge is 0.261 e. The Labute approximate surface area is 163 Å². The second kappa shape index (κ2) is 12.6. The molecule has 0 aliphatic rings. The standard InChI is InChI=1S/C8H11N.2C7H10N2/c1-7(2)8-5-3-4-6-9-8;1-6(2)7-5-8-3-4-9-7;1-6(2)7-8-4-3-5-9-7/h3-7H,1-2H3;2*3-6H,1-2H3. The fourth-order valence-electron chi connectivity index (χ4n) is 1.94. The lowest BCUT2D eigenvalue weighted by molar-refractivity contribution is 0.774. The molecule has 0 radical (unpaired) electrons. The molecule has 0 amide bonds. The zero-order valence-electron chi connectivity index (χ0n) is 17.2. The first-order chi connectivity index (χ1) is 12.9. The molecule has 0 aromatic carbocycles. The van der Waals surface area contributed by atoms with Gasteiger partial charge in [0.25, 0.3) is 0 Å². The molecule has 0 aliphatic heterocycles. The zero-order valence-corrected chi connectivity index (χ0v) is 17.2. The summed E-state index contributed by atoms with van der Waals surface area (Å²) in [4.78, 5) is 20.4. The van der Waals surface area contributed by atoms with Gasteiger partial charge in [-0.3, -0.25) is 15.0 Å². The second-order valence-corrected chi connectivity index (χ2v) is 6.96. The summed E-state index contributed by atoms with van der Waals surface area (Å²) < 4.78 is 0. The molecule has 0 fully saturated rings. The molecule has 3 heterocycles. The molecule has 5 heteroatoms. The lowest BCUT2D eigenvalue weighted by Gasteiger charge is -2.00. The zero-order chi connectivity index (χ0) is 20.1. The molecule has 0 aliphatic carbocycles. The van der Waals surface area contributed by atoms with E-state index >= 15 is 0 Å². The first-order valence-electron chi connectivity index (χ1n) is 9.35. The number of aromatic nitrogens is 5. The van der Waals surface area contributed by atoms with Crippen molar-refractivity contribution < 1.29 is 0 Å². The van der Waals surface area contributed by atoms with Gasteiger partial charge in [-0.05, 0) is 30.0 Å². The van der Waals surface area contributed by atoms with Crippen molar-refractivity contribution >= 4 is 0 Å². The summed E-state index contributed by atoms with van der Waals surface area (Å²) in [5.74, 6) is 2.38. The second-order valence-electron chi connectivity index (χ2n) is 6.96. The predicted octanol–water partition coefficient (Wildman–Crippen LogP) is 5.41. The summed E-state index contributed by atoms with van der Waals surface area (Å²) >= 11 is 0. The van der Waals surface area contributed by atoms with Gasteiger partial charge < -0.3 is 0 Å². The van der Waals surface area contributed by atoms with Crippen molar-refractivity contribution in [3.63, 3.8) is 0 Å². The van der Waals surface area contributed by atoms with E-state index in [0.29, 0.717) is 17.8 Å². The van der Waals surface area contributed by atoms with Crippen LogP contribution in [-0.2, 0) is 0 Å². The molecule has 0 N–H and O–H groups in total. The predicted molar refractivity (Wildman–Crippen MR) is 111 cm³/mol. The van der Waals surface area contributed by atoms with Crippen molar-refractivity contribution in [3.8, 4) is 0 Å². The maximum Gasteiger partial charge on any atom is 0.130 e. The third-order valence-electron chi connectivity index (χ3n) is 3.56. The van der Waals surface area contributed by atoms with Crippen LogP contribution >= 0.6 is 0 Å². The van der Waals surface area contributed by atoms with Gasteiger partial charge in [0, 0.05) is 48.8 Å². The Bertz CT molecular complexity index is 610. The molecule has 144 valence electrons. The Morgan fingerprint density at radius 1 is 0.556 bits per heavy atom. The molecule has 0 bridgehead atoms. The minimum Gasteiger partial charge on any atom is -0.261 e. The van der Waals surface area contributed by atoms with Crippen LogP contribution in [0, 0.1) is 0 Å². The number of rotatable bonds is 3. The van der Waals surface area contributed by atoms with E-state index in [4.69, 9.17) is 0 Å². The van der Waals surface area contributed by atoms with E-state index in [1.165, 1.54) is 0 Å². The maximum absolute atomic E-state index is 4.18. The summed E-state index contributed by atoms with van der Waals surface area (Å²) in [6.07, 6.45) is 10.6. The van der Waals surface area contributed by atoms with Crippen molar-refractivity contribution in [2.75, 3.05) is 0 Å². The Balaban J connectivity index is 0.000000202. The van der Waals surface area contributed by atoms with Gasteiger partial charge in [0.1, 0.15) is 5.82 Å². The molecule has 0 unspecified atom stereocenters. The molecule has 0 atom stereocenters. The van der Waals surface area contributed by atoms with E-state index in [1.54, 1.807) is 31.0 Å². The van der Waals surface area contributed by atoms with Crippen LogP contribution in [0.25, 0.3) is 0 Å². The van der Waals surface area contributed by atoms with E-state index in [1.807, 2.05) is 30.5 Å². The third-order valence-corrected chi connectivity index (χ3v) is 3.56. The molecule has 27 heavy (non-hydrogen) atoms.